The minimum Gasteiger partial charge on any atom is -0.369 e. The van der Waals surface area contributed by atoms with Gasteiger partial charge in [-0.3, -0.25) is 10.1 Å². The van der Waals surface area contributed by atoms with Gasteiger partial charge in [0.05, 0.1) is 23.5 Å². The monoisotopic (exact) mass is 445 g/mol. The second-order valence-corrected chi connectivity index (χ2v) is 8.19. The SMILES string of the molecule is CC(C)(C)c1cc(NC(=O)Nc2ccc(F)c(F)c2F)n(-c2ccc(CC(N)=O)cc2)n1. The second kappa shape index (κ2) is 8.74. The Kier molecular flexibility index (Phi) is 6.24. The molecule has 10 heteroatoms. The van der Waals surface area contributed by atoms with E-state index in [4.69, 9.17) is 5.73 Å². The van der Waals surface area contributed by atoms with Gasteiger partial charge in [-0.25, -0.2) is 22.6 Å². The molecule has 7 nitrogen and oxygen atoms in total. The Bertz CT molecular complexity index is 1170. The van der Waals surface area contributed by atoms with Crippen LogP contribution in [0.4, 0.5) is 29.5 Å². The zero-order valence-electron chi connectivity index (χ0n) is 17.7. The highest BCUT2D eigenvalue weighted by molar-refractivity contribution is 5.99. The van der Waals surface area contributed by atoms with Gasteiger partial charge in [0.25, 0.3) is 0 Å². The average Bonchev–Trinajstić information content (AvgIpc) is 3.13. The van der Waals surface area contributed by atoms with Gasteiger partial charge in [0.2, 0.25) is 5.91 Å². The van der Waals surface area contributed by atoms with E-state index in [1.807, 2.05) is 20.8 Å². The third kappa shape index (κ3) is 5.08. The van der Waals surface area contributed by atoms with E-state index in [1.165, 1.54) is 4.68 Å². The first-order valence-electron chi connectivity index (χ1n) is 9.65. The van der Waals surface area contributed by atoms with Gasteiger partial charge in [0.1, 0.15) is 5.82 Å². The van der Waals surface area contributed by atoms with Gasteiger partial charge in [-0.2, -0.15) is 5.10 Å². The Balaban J connectivity index is 1.90. The third-order valence-electron chi connectivity index (χ3n) is 4.56. The molecule has 0 bridgehead atoms. The summed E-state index contributed by atoms with van der Waals surface area (Å²) in [6, 6.07) is 9.23. The van der Waals surface area contributed by atoms with Crippen LogP contribution in [0.3, 0.4) is 0 Å². The molecule has 32 heavy (non-hydrogen) atoms. The number of benzene rings is 2. The lowest BCUT2D eigenvalue weighted by molar-refractivity contribution is -0.117. The first-order chi connectivity index (χ1) is 15.0. The Labute approximate surface area is 182 Å². The van der Waals surface area contributed by atoms with Crippen LogP contribution in [0.2, 0.25) is 0 Å². The third-order valence-corrected chi connectivity index (χ3v) is 4.56. The molecule has 3 aromatic rings. The Hall–Kier alpha value is -3.82. The van der Waals surface area contributed by atoms with Crippen LogP contribution in [0, 0.1) is 17.5 Å². The van der Waals surface area contributed by atoms with Crippen LogP contribution >= 0.6 is 0 Å². The maximum atomic E-state index is 13.9. The molecule has 1 heterocycles. The number of hydrogen-bond acceptors (Lipinski definition) is 3. The molecule has 0 saturated heterocycles. The fourth-order valence-electron chi connectivity index (χ4n) is 2.88. The minimum absolute atomic E-state index is 0.0833. The van der Waals surface area contributed by atoms with Crippen molar-refractivity contribution in [1.29, 1.82) is 0 Å². The number of primary amides is 1. The maximum absolute atomic E-state index is 13.9. The lowest BCUT2D eigenvalue weighted by Gasteiger charge is -2.14. The molecule has 3 amide bonds. The number of urea groups is 1. The van der Waals surface area contributed by atoms with Crippen molar-refractivity contribution >= 4 is 23.4 Å². The highest BCUT2D eigenvalue weighted by Gasteiger charge is 2.22. The zero-order chi connectivity index (χ0) is 23.6. The van der Waals surface area contributed by atoms with Crippen LogP contribution < -0.4 is 16.4 Å². The van der Waals surface area contributed by atoms with Crippen LogP contribution in [-0.4, -0.2) is 21.7 Å². The van der Waals surface area contributed by atoms with Crippen molar-refractivity contribution in [3.63, 3.8) is 0 Å². The van der Waals surface area contributed by atoms with Gasteiger partial charge in [0.15, 0.2) is 17.5 Å². The molecule has 0 aliphatic heterocycles. The van der Waals surface area contributed by atoms with E-state index in [9.17, 15) is 22.8 Å². The normalized spacial score (nSPS) is 11.3. The van der Waals surface area contributed by atoms with Gasteiger partial charge in [0, 0.05) is 11.5 Å². The number of amides is 3. The van der Waals surface area contributed by atoms with Crippen molar-refractivity contribution in [2.24, 2.45) is 5.73 Å². The summed E-state index contributed by atoms with van der Waals surface area (Å²) in [5.41, 5.74) is 6.31. The minimum atomic E-state index is -1.68. The standard InChI is InChI=1S/C22H22F3N5O2/c1-22(2,3)16-11-18(28-21(32)27-15-9-8-14(23)19(24)20(15)25)30(29-16)13-6-4-12(5-7-13)10-17(26)31/h4-9,11H,10H2,1-3H3,(H2,26,31)(H2,27,28,32). The molecule has 0 unspecified atom stereocenters. The summed E-state index contributed by atoms with van der Waals surface area (Å²) < 4.78 is 41.9. The predicted molar refractivity (Wildman–Crippen MR) is 114 cm³/mol. The number of aromatic nitrogens is 2. The maximum Gasteiger partial charge on any atom is 0.324 e. The molecule has 0 atom stereocenters. The number of anilines is 2. The number of carbonyl (C=O) groups excluding carboxylic acids is 2. The van der Waals surface area contributed by atoms with Crippen LogP contribution in [0.25, 0.3) is 5.69 Å². The van der Waals surface area contributed by atoms with Crippen LogP contribution in [0.1, 0.15) is 32.0 Å². The molecule has 1 aromatic heterocycles. The molecular formula is C22H22F3N5O2. The van der Waals surface area contributed by atoms with Crippen molar-refractivity contribution in [3.8, 4) is 5.69 Å². The summed E-state index contributed by atoms with van der Waals surface area (Å²) in [4.78, 5) is 23.6. The first-order valence-corrected chi connectivity index (χ1v) is 9.65. The topological polar surface area (TPSA) is 102 Å². The summed E-state index contributed by atoms with van der Waals surface area (Å²) in [5.74, 6) is -4.75. The smallest absolute Gasteiger partial charge is 0.324 e. The largest absolute Gasteiger partial charge is 0.369 e. The van der Waals surface area contributed by atoms with E-state index in [1.54, 1.807) is 30.3 Å². The summed E-state index contributed by atoms with van der Waals surface area (Å²) in [5, 5.41) is 9.26. The Morgan fingerprint density at radius 2 is 1.66 bits per heavy atom. The summed E-state index contributed by atoms with van der Waals surface area (Å²) in [6.45, 7) is 5.82. The highest BCUT2D eigenvalue weighted by atomic mass is 19.2. The molecule has 0 saturated carbocycles. The van der Waals surface area contributed by atoms with Gasteiger partial charge >= 0.3 is 6.03 Å². The molecule has 0 aliphatic rings. The molecule has 4 N–H and O–H groups in total. The average molecular weight is 445 g/mol. The van der Waals surface area contributed by atoms with E-state index < -0.39 is 35.1 Å². The van der Waals surface area contributed by atoms with Gasteiger partial charge < -0.3 is 11.1 Å². The zero-order valence-corrected chi connectivity index (χ0v) is 17.7. The fraction of sp³-hybridized carbons (Fsp3) is 0.227. The van der Waals surface area contributed by atoms with Gasteiger partial charge in [-0.05, 0) is 29.8 Å². The molecule has 3 rings (SSSR count). The Morgan fingerprint density at radius 1 is 1.00 bits per heavy atom. The molecule has 0 fully saturated rings. The van der Waals surface area contributed by atoms with E-state index in [2.05, 4.69) is 15.7 Å². The molecule has 0 aliphatic carbocycles. The number of nitrogens with two attached hydrogens (primary N) is 1. The second-order valence-electron chi connectivity index (χ2n) is 8.19. The summed E-state index contributed by atoms with van der Waals surface area (Å²) >= 11 is 0. The predicted octanol–water partition coefficient (Wildman–Crippen LogP) is 4.26. The first kappa shape index (κ1) is 22.9. The number of carbonyl (C=O) groups is 2. The number of rotatable bonds is 5. The quantitative estimate of drug-likeness (QED) is 0.512. The van der Waals surface area contributed by atoms with Gasteiger partial charge in [-0.15, -0.1) is 0 Å². The summed E-state index contributed by atoms with van der Waals surface area (Å²) in [7, 11) is 0. The molecule has 0 spiro atoms. The molecule has 168 valence electrons. The summed E-state index contributed by atoms with van der Waals surface area (Å²) in [6.07, 6.45) is 0.0833. The van der Waals surface area contributed by atoms with Crippen molar-refractivity contribution in [2.45, 2.75) is 32.6 Å². The van der Waals surface area contributed by atoms with Crippen LogP contribution in [0.15, 0.2) is 42.5 Å². The van der Waals surface area contributed by atoms with Crippen molar-refractivity contribution in [2.75, 3.05) is 10.6 Å². The van der Waals surface area contributed by atoms with E-state index in [0.717, 1.165) is 6.07 Å². The molecule has 2 aromatic carbocycles. The number of halogens is 3. The number of hydrogen-bond donors (Lipinski definition) is 3. The van der Waals surface area contributed by atoms with Crippen molar-refractivity contribution in [3.05, 3.63) is 71.2 Å². The number of nitrogens with zero attached hydrogens (tertiary/aromatic N) is 2. The lowest BCUT2D eigenvalue weighted by atomic mass is 9.92. The van der Waals surface area contributed by atoms with E-state index in [-0.39, 0.29) is 17.7 Å². The van der Waals surface area contributed by atoms with Crippen LogP contribution in [0.5, 0.6) is 0 Å². The van der Waals surface area contributed by atoms with Crippen molar-refractivity contribution in [1.82, 2.24) is 9.78 Å². The Morgan fingerprint density at radius 3 is 2.25 bits per heavy atom. The van der Waals surface area contributed by atoms with Crippen LogP contribution in [-0.2, 0) is 16.6 Å². The van der Waals surface area contributed by atoms with E-state index >= 15 is 0 Å². The lowest BCUT2D eigenvalue weighted by Crippen LogP contribution is -2.22. The molecule has 0 radical (unpaired) electrons. The molecular weight excluding hydrogens is 423 g/mol. The van der Waals surface area contributed by atoms with Crippen molar-refractivity contribution < 1.29 is 22.8 Å². The van der Waals surface area contributed by atoms with Gasteiger partial charge in [-0.1, -0.05) is 32.9 Å². The fourth-order valence-corrected chi connectivity index (χ4v) is 2.88. The highest BCUT2D eigenvalue weighted by Crippen LogP contribution is 2.27. The van der Waals surface area contributed by atoms with E-state index in [0.29, 0.717) is 23.0 Å². The number of nitrogens with one attached hydrogen (secondary N) is 2.